The Kier molecular flexibility index (Phi) is 4.90. The standard InChI is InChI=1S/C15H20N2O7S3/c1-11-3-4-12(17-15(18)6-8-26(17,21)22)9-14(11)27(23,24)16(2)13-5-7-25(19,20)10-13/h3-4,9,13H,5-8,10H2,1-2H3. The molecule has 9 nitrogen and oxygen atoms in total. The van der Waals surface area contributed by atoms with E-state index in [0.29, 0.717) is 9.87 Å². The Hall–Kier alpha value is -1.50. The number of sulfonamides is 2. The van der Waals surface area contributed by atoms with E-state index in [2.05, 4.69) is 0 Å². The predicted octanol–water partition coefficient (Wildman–Crippen LogP) is -0.131. The van der Waals surface area contributed by atoms with E-state index in [1.54, 1.807) is 6.92 Å². The van der Waals surface area contributed by atoms with Gasteiger partial charge in [-0.3, -0.25) is 4.79 Å². The van der Waals surface area contributed by atoms with Crippen LogP contribution in [0.15, 0.2) is 23.1 Å². The summed E-state index contributed by atoms with van der Waals surface area (Å²) in [7, 11) is -9.86. The van der Waals surface area contributed by atoms with Crippen molar-refractivity contribution < 1.29 is 30.0 Å². The van der Waals surface area contributed by atoms with Crippen LogP contribution in [0.4, 0.5) is 5.69 Å². The largest absolute Gasteiger partial charge is 0.273 e. The molecule has 1 aromatic carbocycles. The summed E-state index contributed by atoms with van der Waals surface area (Å²) in [6, 6.07) is 3.29. The van der Waals surface area contributed by atoms with Crippen LogP contribution in [0.25, 0.3) is 0 Å². The fourth-order valence-corrected chi connectivity index (χ4v) is 8.22. The van der Waals surface area contributed by atoms with Crippen LogP contribution in [0.2, 0.25) is 0 Å². The summed E-state index contributed by atoms with van der Waals surface area (Å²) in [5.41, 5.74) is 0.338. The van der Waals surface area contributed by atoms with Crippen LogP contribution in [0.5, 0.6) is 0 Å². The number of sulfone groups is 1. The lowest BCUT2D eigenvalue weighted by Gasteiger charge is -2.24. The van der Waals surface area contributed by atoms with E-state index < -0.39 is 41.8 Å². The molecule has 0 saturated carbocycles. The van der Waals surface area contributed by atoms with Gasteiger partial charge in [0, 0.05) is 19.5 Å². The molecule has 2 saturated heterocycles. The van der Waals surface area contributed by atoms with E-state index in [0.717, 1.165) is 10.4 Å². The molecule has 12 heteroatoms. The SMILES string of the molecule is Cc1ccc(N2C(=O)CCS2(=O)=O)cc1S(=O)(=O)N(C)C1CCS(=O)(=O)C1. The highest BCUT2D eigenvalue weighted by Gasteiger charge is 2.39. The molecule has 27 heavy (non-hydrogen) atoms. The van der Waals surface area contributed by atoms with Crippen molar-refractivity contribution >= 4 is 41.5 Å². The minimum Gasteiger partial charge on any atom is -0.273 e. The van der Waals surface area contributed by atoms with Gasteiger partial charge in [-0.1, -0.05) is 6.07 Å². The molecule has 1 atom stereocenters. The summed E-state index contributed by atoms with van der Waals surface area (Å²) in [5.74, 6) is -1.25. The maximum atomic E-state index is 13.0. The van der Waals surface area contributed by atoms with Crippen molar-refractivity contribution in [1.29, 1.82) is 0 Å². The molecule has 0 N–H and O–H groups in total. The lowest BCUT2D eigenvalue weighted by atomic mass is 10.2. The van der Waals surface area contributed by atoms with Gasteiger partial charge in [0.25, 0.3) is 0 Å². The molecular weight excluding hydrogens is 416 g/mol. The molecule has 2 aliphatic heterocycles. The van der Waals surface area contributed by atoms with Crippen molar-refractivity contribution in [1.82, 2.24) is 4.31 Å². The van der Waals surface area contributed by atoms with Crippen LogP contribution in [-0.4, -0.2) is 65.8 Å². The molecule has 1 amide bonds. The number of rotatable bonds is 4. The van der Waals surface area contributed by atoms with Crippen molar-refractivity contribution in [2.24, 2.45) is 0 Å². The van der Waals surface area contributed by atoms with Gasteiger partial charge in [0.05, 0.1) is 27.8 Å². The van der Waals surface area contributed by atoms with Crippen molar-refractivity contribution in [3.63, 3.8) is 0 Å². The van der Waals surface area contributed by atoms with Crippen LogP contribution in [0, 0.1) is 6.92 Å². The Morgan fingerprint density at radius 2 is 1.81 bits per heavy atom. The number of aryl methyl sites for hydroxylation is 1. The maximum Gasteiger partial charge on any atom is 0.243 e. The van der Waals surface area contributed by atoms with Gasteiger partial charge in [-0.25, -0.2) is 29.6 Å². The Labute approximate surface area is 159 Å². The van der Waals surface area contributed by atoms with Gasteiger partial charge >= 0.3 is 0 Å². The van der Waals surface area contributed by atoms with E-state index in [4.69, 9.17) is 0 Å². The number of nitrogens with zero attached hydrogens (tertiary/aromatic N) is 2. The van der Waals surface area contributed by atoms with E-state index >= 15 is 0 Å². The quantitative estimate of drug-likeness (QED) is 0.643. The van der Waals surface area contributed by atoms with Crippen LogP contribution in [0.1, 0.15) is 18.4 Å². The number of hydrogen-bond acceptors (Lipinski definition) is 7. The molecule has 0 spiro atoms. The second-order valence-electron chi connectivity index (χ2n) is 6.75. The van der Waals surface area contributed by atoms with Crippen molar-refractivity contribution in [2.75, 3.05) is 28.6 Å². The first-order valence-corrected chi connectivity index (χ1v) is 13.1. The lowest BCUT2D eigenvalue weighted by Crippen LogP contribution is -2.38. The highest BCUT2D eigenvalue weighted by molar-refractivity contribution is 7.94. The summed E-state index contributed by atoms with van der Waals surface area (Å²) in [5, 5.41) is 0. The van der Waals surface area contributed by atoms with Gasteiger partial charge in [0.15, 0.2) is 9.84 Å². The lowest BCUT2D eigenvalue weighted by molar-refractivity contribution is -0.116. The zero-order valence-corrected chi connectivity index (χ0v) is 17.3. The third kappa shape index (κ3) is 3.62. The average molecular weight is 437 g/mol. The van der Waals surface area contributed by atoms with Crippen LogP contribution in [0.3, 0.4) is 0 Å². The zero-order valence-electron chi connectivity index (χ0n) is 14.8. The number of carbonyl (C=O) groups is 1. The van der Waals surface area contributed by atoms with Gasteiger partial charge < -0.3 is 0 Å². The third-order valence-electron chi connectivity index (χ3n) is 4.86. The highest BCUT2D eigenvalue weighted by atomic mass is 32.2. The molecule has 0 aliphatic carbocycles. The number of benzene rings is 1. The van der Waals surface area contributed by atoms with Crippen LogP contribution in [-0.2, 0) is 34.7 Å². The van der Waals surface area contributed by atoms with Crippen LogP contribution >= 0.6 is 0 Å². The van der Waals surface area contributed by atoms with Gasteiger partial charge in [0.1, 0.15) is 0 Å². The van der Waals surface area contributed by atoms with Gasteiger partial charge in [-0.2, -0.15) is 4.31 Å². The minimum absolute atomic E-state index is 0.0332. The van der Waals surface area contributed by atoms with Crippen LogP contribution < -0.4 is 4.31 Å². The Morgan fingerprint density at radius 3 is 2.33 bits per heavy atom. The predicted molar refractivity (Wildman–Crippen MR) is 99.1 cm³/mol. The van der Waals surface area contributed by atoms with E-state index in [-0.39, 0.29) is 40.7 Å². The smallest absolute Gasteiger partial charge is 0.243 e. The molecule has 2 heterocycles. The number of anilines is 1. The van der Waals surface area contributed by atoms with E-state index in [1.807, 2.05) is 0 Å². The summed E-state index contributed by atoms with van der Waals surface area (Å²) in [6.07, 6.45) is 0.0495. The van der Waals surface area contributed by atoms with Crippen molar-refractivity contribution in [3.05, 3.63) is 23.8 Å². The van der Waals surface area contributed by atoms with Crippen molar-refractivity contribution in [2.45, 2.75) is 30.7 Å². The monoisotopic (exact) mass is 436 g/mol. The topological polar surface area (TPSA) is 126 Å². The third-order valence-corrected chi connectivity index (χ3v) is 10.4. The fraction of sp³-hybridized carbons (Fsp3) is 0.533. The Bertz CT molecular complexity index is 1110. The van der Waals surface area contributed by atoms with Gasteiger partial charge in [0.2, 0.25) is 26.0 Å². The van der Waals surface area contributed by atoms with Gasteiger partial charge in [-0.05, 0) is 31.0 Å². The molecule has 2 aliphatic rings. The summed E-state index contributed by atoms with van der Waals surface area (Å²) in [6.45, 7) is 1.55. The first-order valence-electron chi connectivity index (χ1n) is 8.20. The molecular formula is C15H20N2O7S3. The number of carbonyl (C=O) groups excluding carboxylic acids is 1. The highest BCUT2D eigenvalue weighted by Crippen LogP contribution is 2.31. The maximum absolute atomic E-state index is 13.0. The zero-order chi connectivity index (χ0) is 20.2. The Morgan fingerprint density at radius 1 is 1.15 bits per heavy atom. The molecule has 0 bridgehead atoms. The number of amides is 1. The van der Waals surface area contributed by atoms with Gasteiger partial charge in [-0.15, -0.1) is 0 Å². The molecule has 150 valence electrons. The van der Waals surface area contributed by atoms with E-state index in [1.165, 1.54) is 19.2 Å². The Balaban J connectivity index is 2.02. The first kappa shape index (κ1) is 20.2. The fourth-order valence-electron chi connectivity index (χ4n) is 3.28. The molecule has 0 radical (unpaired) electrons. The molecule has 3 rings (SSSR count). The summed E-state index contributed by atoms with van der Waals surface area (Å²) in [4.78, 5) is 11.8. The molecule has 2 fully saturated rings. The normalized spacial score (nSPS) is 24.6. The average Bonchev–Trinajstić information content (AvgIpc) is 3.06. The van der Waals surface area contributed by atoms with Crippen molar-refractivity contribution in [3.8, 4) is 0 Å². The minimum atomic E-state index is -4.07. The molecule has 1 aromatic rings. The summed E-state index contributed by atoms with van der Waals surface area (Å²) >= 11 is 0. The second kappa shape index (κ2) is 6.54. The molecule has 0 aromatic heterocycles. The first-order chi connectivity index (χ1) is 12.3. The van der Waals surface area contributed by atoms with E-state index in [9.17, 15) is 30.0 Å². The second-order valence-corrected chi connectivity index (χ2v) is 12.9. The number of hydrogen-bond donors (Lipinski definition) is 0. The molecule has 1 unspecified atom stereocenters. The summed E-state index contributed by atoms with van der Waals surface area (Å²) < 4.78 is 75.3.